The lowest BCUT2D eigenvalue weighted by Gasteiger charge is -2.31. The van der Waals surface area contributed by atoms with Crippen LogP contribution in [0.5, 0.6) is 0 Å². The molecule has 0 spiro atoms. The summed E-state index contributed by atoms with van der Waals surface area (Å²) in [4.78, 5) is 27.7. The van der Waals surface area contributed by atoms with Crippen molar-refractivity contribution in [2.45, 2.75) is 26.7 Å². The molecule has 1 aliphatic heterocycles. The molecule has 1 aliphatic rings. The fourth-order valence-electron chi connectivity index (χ4n) is 2.32. The number of hydrogen-bond acceptors (Lipinski definition) is 4. The lowest BCUT2D eigenvalue weighted by atomic mass is 9.98. The fourth-order valence-corrected chi connectivity index (χ4v) is 3.15. The van der Waals surface area contributed by atoms with Crippen LogP contribution in [0.2, 0.25) is 0 Å². The summed E-state index contributed by atoms with van der Waals surface area (Å²) in [6.07, 6.45) is 1.67. The van der Waals surface area contributed by atoms with Crippen LogP contribution in [0.15, 0.2) is 12.1 Å². The summed E-state index contributed by atoms with van der Waals surface area (Å²) in [7, 11) is 0. The molecule has 19 heavy (non-hydrogen) atoms. The topological polar surface area (TPSA) is 46.6 Å². The van der Waals surface area contributed by atoms with Crippen molar-refractivity contribution < 1.29 is 14.3 Å². The van der Waals surface area contributed by atoms with E-state index in [0.29, 0.717) is 13.2 Å². The first-order chi connectivity index (χ1) is 9.11. The molecule has 0 unspecified atom stereocenters. The number of amides is 1. The summed E-state index contributed by atoms with van der Waals surface area (Å²) in [6.45, 7) is 5.39. The molecule has 1 atom stereocenters. The maximum atomic E-state index is 12.3. The minimum absolute atomic E-state index is 0.0344. The number of aryl methyl sites for hydroxylation is 1. The zero-order chi connectivity index (χ0) is 13.8. The van der Waals surface area contributed by atoms with E-state index >= 15 is 0 Å². The monoisotopic (exact) mass is 281 g/mol. The molecule has 4 nitrogen and oxygen atoms in total. The lowest BCUT2D eigenvalue weighted by Crippen LogP contribution is -2.42. The van der Waals surface area contributed by atoms with Crippen LogP contribution >= 0.6 is 11.3 Å². The Morgan fingerprint density at radius 3 is 2.89 bits per heavy atom. The van der Waals surface area contributed by atoms with Crippen molar-refractivity contribution in [2.75, 3.05) is 19.7 Å². The maximum Gasteiger partial charge on any atom is 0.310 e. The van der Waals surface area contributed by atoms with Crippen molar-refractivity contribution in [1.29, 1.82) is 0 Å². The average molecular weight is 281 g/mol. The van der Waals surface area contributed by atoms with E-state index < -0.39 is 0 Å². The maximum absolute atomic E-state index is 12.3. The largest absolute Gasteiger partial charge is 0.466 e. The average Bonchev–Trinajstić information content (AvgIpc) is 2.85. The number of likely N-dealkylation sites (tertiary alicyclic amines) is 1. The van der Waals surface area contributed by atoms with Gasteiger partial charge in [-0.3, -0.25) is 9.59 Å². The van der Waals surface area contributed by atoms with Crippen LogP contribution in [0.25, 0.3) is 0 Å². The first kappa shape index (κ1) is 14.1. The SMILES string of the molecule is CCOC(=O)[C@@H]1CCCN(C(=O)c2ccc(C)s2)C1. The van der Waals surface area contributed by atoms with E-state index in [4.69, 9.17) is 4.74 Å². The van der Waals surface area contributed by atoms with Gasteiger partial charge in [0.1, 0.15) is 0 Å². The minimum Gasteiger partial charge on any atom is -0.466 e. The quantitative estimate of drug-likeness (QED) is 0.800. The van der Waals surface area contributed by atoms with Crippen molar-refractivity contribution in [2.24, 2.45) is 5.92 Å². The fraction of sp³-hybridized carbons (Fsp3) is 0.571. The number of esters is 1. The number of thiophene rings is 1. The molecule has 104 valence electrons. The van der Waals surface area contributed by atoms with Gasteiger partial charge in [0.2, 0.25) is 0 Å². The lowest BCUT2D eigenvalue weighted by molar-refractivity contribution is -0.149. The Balaban J connectivity index is 2.01. The Kier molecular flexibility index (Phi) is 4.58. The summed E-state index contributed by atoms with van der Waals surface area (Å²) in [5.41, 5.74) is 0. The zero-order valence-corrected chi connectivity index (χ0v) is 12.2. The van der Waals surface area contributed by atoms with Gasteiger partial charge in [-0.2, -0.15) is 0 Å². The van der Waals surface area contributed by atoms with Gasteiger partial charge in [-0.15, -0.1) is 11.3 Å². The smallest absolute Gasteiger partial charge is 0.310 e. The second kappa shape index (κ2) is 6.19. The molecule has 1 amide bonds. The standard InChI is InChI=1S/C14H19NO3S/c1-3-18-14(17)11-5-4-8-15(9-11)13(16)12-7-6-10(2)19-12/h6-7,11H,3-5,8-9H2,1-2H3/t11-/m1/s1. The van der Waals surface area contributed by atoms with Crippen LogP contribution < -0.4 is 0 Å². The van der Waals surface area contributed by atoms with Gasteiger partial charge in [-0.25, -0.2) is 0 Å². The number of piperidine rings is 1. The third-order valence-electron chi connectivity index (χ3n) is 3.28. The Morgan fingerprint density at radius 2 is 2.26 bits per heavy atom. The molecule has 0 aliphatic carbocycles. The zero-order valence-electron chi connectivity index (χ0n) is 11.3. The van der Waals surface area contributed by atoms with Crippen LogP contribution in [-0.2, 0) is 9.53 Å². The van der Waals surface area contributed by atoms with Gasteiger partial charge in [-0.05, 0) is 38.8 Å². The summed E-state index contributed by atoms with van der Waals surface area (Å²) in [5.74, 6) is -0.312. The molecular weight excluding hydrogens is 262 g/mol. The molecule has 0 radical (unpaired) electrons. The Morgan fingerprint density at radius 1 is 1.47 bits per heavy atom. The third-order valence-corrected chi connectivity index (χ3v) is 4.27. The van der Waals surface area contributed by atoms with Crippen LogP contribution in [0.4, 0.5) is 0 Å². The third kappa shape index (κ3) is 3.35. The van der Waals surface area contributed by atoms with Gasteiger partial charge in [0.05, 0.1) is 17.4 Å². The van der Waals surface area contributed by atoms with E-state index in [1.807, 2.05) is 19.1 Å². The van der Waals surface area contributed by atoms with Crippen LogP contribution in [-0.4, -0.2) is 36.5 Å². The summed E-state index contributed by atoms with van der Waals surface area (Å²) in [6, 6.07) is 3.81. The molecule has 0 saturated carbocycles. The highest BCUT2D eigenvalue weighted by atomic mass is 32.1. The first-order valence-electron chi connectivity index (χ1n) is 6.64. The van der Waals surface area contributed by atoms with Crippen molar-refractivity contribution in [3.63, 3.8) is 0 Å². The van der Waals surface area contributed by atoms with Gasteiger partial charge in [0.25, 0.3) is 5.91 Å². The summed E-state index contributed by atoms with van der Waals surface area (Å²) >= 11 is 1.50. The predicted octanol–water partition coefficient (Wildman–Crippen LogP) is 2.47. The van der Waals surface area contributed by atoms with E-state index in [9.17, 15) is 9.59 Å². The second-order valence-corrected chi connectivity index (χ2v) is 6.04. The Bertz CT molecular complexity index is 469. The van der Waals surface area contributed by atoms with Gasteiger partial charge >= 0.3 is 5.97 Å². The summed E-state index contributed by atoms with van der Waals surface area (Å²) < 4.78 is 5.04. The Hall–Kier alpha value is -1.36. The second-order valence-electron chi connectivity index (χ2n) is 4.75. The van der Waals surface area contributed by atoms with E-state index in [1.165, 1.54) is 11.3 Å². The van der Waals surface area contributed by atoms with Gasteiger partial charge in [0, 0.05) is 18.0 Å². The highest BCUT2D eigenvalue weighted by molar-refractivity contribution is 7.13. The van der Waals surface area contributed by atoms with Crippen LogP contribution in [0.3, 0.4) is 0 Å². The summed E-state index contributed by atoms with van der Waals surface area (Å²) in [5, 5.41) is 0. The molecule has 1 aromatic heterocycles. The first-order valence-corrected chi connectivity index (χ1v) is 7.45. The highest BCUT2D eigenvalue weighted by Gasteiger charge is 2.30. The predicted molar refractivity (Wildman–Crippen MR) is 74.3 cm³/mol. The molecule has 0 aromatic carbocycles. The molecule has 2 heterocycles. The number of rotatable bonds is 3. The minimum atomic E-state index is -0.178. The van der Waals surface area contributed by atoms with Crippen LogP contribution in [0, 0.1) is 12.8 Å². The number of nitrogens with zero attached hydrogens (tertiary/aromatic N) is 1. The molecule has 0 bridgehead atoms. The number of carbonyl (C=O) groups excluding carboxylic acids is 2. The normalized spacial score (nSPS) is 19.3. The van der Waals surface area contributed by atoms with Gasteiger partial charge in [0.15, 0.2) is 0 Å². The van der Waals surface area contributed by atoms with E-state index in [2.05, 4.69) is 0 Å². The molecule has 2 rings (SSSR count). The molecule has 1 saturated heterocycles. The molecule has 5 heteroatoms. The van der Waals surface area contributed by atoms with Crippen molar-refractivity contribution in [3.8, 4) is 0 Å². The highest BCUT2D eigenvalue weighted by Crippen LogP contribution is 2.22. The number of carbonyl (C=O) groups is 2. The molecule has 1 fully saturated rings. The van der Waals surface area contributed by atoms with Crippen LogP contribution in [0.1, 0.15) is 34.3 Å². The molecule has 1 aromatic rings. The van der Waals surface area contributed by atoms with E-state index in [-0.39, 0.29) is 17.8 Å². The van der Waals surface area contributed by atoms with E-state index in [0.717, 1.165) is 29.1 Å². The van der Waals surface area contributed by atoms with Crippen molar-refractivity contribution in [3.05, 3.63) is 21.9 Å². The van der Waals surface area contributed by atoms with Crippen molar-refractivity contribution >= 4 is 23.2 Å². The van der Waals surface area contributed by atoms with Gasteiger partial charge in [-0.1, -0.05) is 0 Å². The Labute approximate surface area is 117 Å². The number of ether oxygens (including phenoxy) is 1. The number of hydrogen-bond donors (Lipinski definition) is 0. The van der Waals surface area contributed by atoms with Crippen molar-refractivity contribution in [1.82, 2.24) is 4.90 Å². The van der Waals surface area contributed by atoms with E-state index in [1.54, 1.807) is 11.8 Å². The molecular formula is C14H19NO3S. The molecule has 0 N–H and O–H groups in total. The van der Waals surface area contributed by atoms with Gasteiger partial charge < -0.3 is 9.64 Å².